The molecule has 1 aromatic heterocycles. The van der Waals surface area contributed by atoms with Gasteiger partial charge in [-0.05, 0) is 63.2 Å². The van der Waals surface area contributed by atoms with Gasteiger partial charge in [-0.25, -0.2) is 0 Å². The molecule has 0 radical (unpaired) electrons. The molecule has 0 unspecified atom stereocenters. The zero-order valence-electron chi connectivity index (χ0n) is 16.2. The number of carbonyl (C=O) groups is 1. The standard InChI is InChI=1S/C23H22N2O3/c1-4-27-20-11-9-19(10-12-20)25-16(2)13-21(17(25)3)22(26)15-28-23-8-6-5-7-18(23)14-24/h5-13H,4,15H2,1-3H3. The van der Waals surface area contributed by atoms with Gasteiger partial charge in [-0.3, -0.25) is 4.79 Å². The molecule has 0 fully saturated rings. The zero-order chi connectivity index (χ0) is 20.1. The van der Waals surface area contributed by atoms with Gasteiger partial charge in [0, 0.05) is 22.6 Å². The van der Waals surface area contributed by atoms with E-state index >= 15 is 0 Å². The summed E-state index contributed by atoms with van der Waals surface area (Å²) in [5, 5.41) is 9.14. The number of ketones is 1. The smallest absolute Gasteiger partial charge is 0.202 e. The summed E-state index contributed by atoms with van der Waals surface area (Å²) < 4.78 is 13.1. The Morgan fingerprint density at radius 2 is 1.79 bits per heavy atom. The first kappa shape index (κ1) is 19.2. The third-order valence-corrected chi connectivity index (χ3v) is 4.50. The van der Waals surface area contributed by atoms with Crippen LogP contribution in [0, 0.1) is 25.2 Å². The molecule has 2 aromatic carbocycles. The first-order valence-electron chi connectivity index (χ1n) is 9.12. The summed E-state index contributed by atoms with van der Waals surface area (Å²) in [6.07, 6.45) is 0. The average Bonchev–Trinajstić information content (AvgIpc) is 3.01. The molecule has 0 bridgehead atoms. The van der Waals surface area contributed by atoms with Crippen molar-refractivity contribution in [1.82, 2.24) is 4.57 Å². The first-order chi connectivity index (χ1) is 13.5. The van der Waals surface area contributed by atoms with Crippen molar-refractivity contribution in [2.24, 2.45) is 0 Å². The minimum atomic E-state index is -0.127. The Hall–Kier alpha value is -3.52. The summed E-state index contributed by atoms with van der Waals surface area (Å²) in [6, 6.07) is 18.6. The Labute approximate surface area is 164 Å². The number of nitrogens with zero attached hydrogens (tertiary/aromatic N) is 2. The Kier molecular flexibility index (Phi) is 5.81. The van der Waals surface area contributed by atoms with Crippen LogP contribution in [0.15, 0.2) is 54.6 Å². The molecule has 0 aliphatic carbocycles. The van der Waals surface area contributed by atoms with Crippen molar-refractivity contribution in [3.63, 3.8) is 0 Å². The SMILES string of the molecule is CCOc1ccc(-n2c(C)cc(C(=O)COc3ccccc3C#N)c2C)cc1. The molecular formula is C23H22N2O3. The molecule has 1 heterocycles. The number of carbonyl (C=O) groups excluding carboxylic acids is 1. The fourth-order valence-corrected chi connectivity index (χ4v) is 3.21. The second-order valence-corrected chi connectivity index (χ2v) is 6.37. The highest BCUT2D eigenvalue weighted by atomic mass is 16.5. The third-order valence-electron chi connectivity index (χ3n) is 4.50. The summed E-state index contributed by atoms with van der Waals surface area (Å²) in [6.45, 7) is 6.33. The van der Waals surface area contributed by atoms with E-state index in [1.807, 2.05) is 55.7 Å². The molecule has 3 aromatic rings. The maximum atomic E-state index is 12.7. The summed E-state index contributed by atoms with van der Waals surface area (Å²) in [5.41, 5.74) is 3.80. The van der Waals surface area contributed by atoms with Crippen LogP contribution >= 0.6 is 0 Å². The molecule has 0 aliphatic rings. The van der Waals surface area contributed by atoms with Gasteiger partial charge in [0.25, 0.3) is 0 Å². The fourth-order valence-electron chi connectivity index (χ4n) is 3.21. The maximum absolute atomic E-state index is 12.7. The third kappa shape index (κ3) is 3.91. The molecule has 0 saturated carbocycles. The van der Waals surface area contributed by atoms with E-state index in [2.05, 4.69) is 6.07 Å². The van der Waals surface area contributed by atoms with E-state index in [9.17, 15) is 4.79 Å². The van der Waals surface area contributed by atoms with E-state index in [0.29, 0.717) is 23.5 Å². The van der Waals surface area contributed by atoms with Gasteiger partial charge in [-0.1, -0.05) is 12.1 Å². The Bertz CT molecular complexity index is 1030. The largest absolute Gasteiger partial charge is 0.494 e. The summed E-state index contributed by atoms with van der Waals surface area (Å²) in [4.78, 5) is 12.7. The predicted octanol–water partition coefficient (Wildman–Crippen LogP) is 4.63. The highest BCUT2D eigenvalue weighted by Crippen LogP contribution is 2.24. The second-order valence-electron chi connectivity index (χ2n) is 6.37. The molecule has 142 valence electrons. The quantitative estimate of drug-likeness (QED) is 0.566. The van der Waals surface area contributed by atoms with E-state index in [0.717, 1.165) is 22.8 Å². The van der Waals surface area contributed by atoms with Crippen LogP contribution in [0.2, 0.25) is 0 Å². The Morgan fingerprint density at radius 1 is 1.07 bits per heavy atom. The van der Waals surface area contributed by atoms with Crippen molar-refractivity contribution in [3.8, 4) is 23.3 Å². The lowest BCUT2D eigenvalue weighted by Crippen LogP contribution is -2.13. The number of aryl methyl sites for hydroxylation is 1. The second kappa shape index (κ2) is 8.45. The minimum Gasteiger partial charge on any atom is -0.494 e. The van der Waals surface area contributed by atoms with Crippen LogP contribution in [0.1, 0.15) is 34.2 Å². The number of hydrogen-bond acceptors (Lipinski definition) is 4. The van der Waals surface area contributed by atoms with Crippen LogP contribution in [0.4, 0.5) is 0 Å². The molecule has 5 heteroatoms. The topological polar surface area (TPSA) is 64.2 Å². The lowest BCUT2D eigenvalue weighted by molar-refractivity contribution is 0.0920. The molecule has 0 atom stereocenters. The predicted molar refractivity (Wildman–Crippen MR) is 107 cm³/mol. The van der Waals surface area contributed by atoms with Crippen LogP contribution < -0.4 is 9.47 Å². The van der Waals surface area contributed by atoms with Gasteiger partial charge in [0.2, 0.25) is 5.78 Å². The minimum absolute atomic E-state index is 0.119. The van der Waals surface area contributed by atoms with Crippen molar-refractivity contribution in [3.05, 3.63) is 77.1 Å². The van der Waals surface area contributed by atoms with E-state index in [4.69, 9.17) is 14.7 Å². The summed E-state index contributed by atoms with van der Waals surface area (Å²) in [7, 11) is 0. The van der Waals surface area contributed by atoms with E-state index < -0.39 is 0 Å². The number of nitriles is 1. The van der Waals surface area contributed by atoms with Crippen molar-refractivity contribution >= 4 is 5.78 Å². The van der Waals surface area contributed by atoms with Gasteiger partial charge in [0.15, 0.2) is 6.61 Å². The number of ether oxygens (including phenoxy) is 2. The number of hydrogen-bond donors (Lipinski definition) is 0. The highest BCUT2D eigenvalue weighted by Gasteiger charge is 2.17. The average molecular weight is 374 g/mol. The van der Waals surface area contributed by atoms with Crippen LogP contribution in [-0.2, 0) is 0 Å². The Morgan fingerprint density at radius 3 is 2.46 bits per heavy atom. The molecular weight excluding hydrogens is 352 g/mol. The van der Waals surface area contributed by atoms with Crippen molar-refractivity contribution < 1.29 is 14.3 Å². The van der Waals surface area contributed by atoms with Gasteiger partial charge >= 0.3 is 0 Å². The van der Waals surface area contributed by atoms with Gasteiger partial charge in [0.1, 0.15) is 17.6 Å². The van der Waals surface area contributed by atoms with E-state index in [-0.39, 0.29) is 12.4 Å². The van der Waals surface area contributed by atoms with E-state index in [1.54, 1.807) is 24.3 Å². The van der Waals surface area contributed by atoms with Crippen LogP contribution in [-0.4, -0.2) is 23.6 Å². The monoisotopic (exact) mass is 374 g/mol. The molecule has 0 amide bonds. The molecule has 28 heavy (non-hydrogen) atoms. The van der Waals surface area contributed by atoms with Crippen molar-refractivity contribution in [1.29, 1.82) is 5.26 Å². The number of benzene rings is 2. The zero-order valence-corrected chi connectivity index (χ0v) is 16.2. The number of Topliss-reactive ketones (excluding diaryl/α,β-unsaturated/α-hetero) is 1. The summed E-state index contributed by atoms with van der Waals surface area (Å²) >= 11 is 0. The van der Waals surface area contributed by atoms with Crippen LogP contribution in [0.5, 0.6) is 11.5 Å². The number of aromatic nitrogens is 1. The van der Waals surface area contributed by atoms with Crippen LogP contribution in [0.25, 0.3) is 5.69 Å². The summed E-state index contributed by atoms with van der Waals surface area (Å²) in [5.74, 6) is 1.10. The van der Waals surface area contributed by atoms with Crippen molar-refractivity contribution in [2.75, 3.05) is 13.2 Å². The molecule has 0 N–H and O–H groups in total. The molecule has 0 spiro atoms. The lowest BCUT2D eigenvalue weighted by Gasteiger charge is -2.11. The number of para-hydroxylation sites is 1. The molecule has 0 aliphatic heterocycles. The number of rotatable bonds is 7. The fraction of sp³-hybridized carbons (Fsp3) is 0.217. The lowest BCUT2D eigenvalue weighted by atomic mass is 10.1. The van der Waals surface area contributed by atoms with E-state index in [1.165, 1.54) is 0 Å². The van der Waals surface area contributed by atoms with Gasteiger partial charge in [-0.2, -0.15) is 5.26 Å². The van der Waals surface area contributed by atoms with Gasteiger partial charge in [0.05, 0.1) is 12.2 Å². The van der Waals surface area contributed by atoms with Gasteiger partial charge < -0.3 is 14.0 Å². The molecule has 0 saturated heterocycles. The normalized spacial score (nSPS) is 10.4. The highest BCUT2D eigenvalue weighted by molar-refractivity contribution is 5.98. The molecule has 5 nitrogen and oxygen atoms in total. The Balaban J connectivity index is 1.81. The van der Waals surface area contributed by atoms with Crippen LogP contribution in [0.3, 0.4) is 0 Å². The maximum Gasteiger partial charge on any atom is 0.202 e. The van der Waals surface area contributed by atoms with Crippen molar-refractivity contribution in [2.45, 2.75) is 20.8 Å². The van der Waals surface area contributed by atoms with Gasteiger partial charge in [-0.15, -0.1) is 0 Å². The first-order valence-corrected chi connectivity index (χ1v) is 9.12. The molecule has 3 rings (SSSR count).